The summed E-state index contributed by atoms with van der Waals surface area (Å²) < 4.78 is 42.1. The highest BCUT2D eigenvalue weighted by Gasteiger charge is 2.48. The summed E-state index contributed by atoms with van der Waals surface area (Å²) in [5.74, 6) is -0.936. The van der Waals surface area contributed by atoms with Crippen LogP contribution in [0.1, 0.15) is 42.0 Å². The summed E-state index contributed by atoms with van der Waals surface area (Å²) >= 11 is 0. The van der Waals surface area contributed by atoms with Crippen LogP contribution in [-0.4, -0.2) is 77.9 Å². The molecule has 2 N–H and O–H groups in total. The molecule has 228 valence electrons. The molecule has 0 spiro atoms. The number of nitrogens with zero attached hydrogens (tertiary/aromatic N) is 3. The van der Waals surface area contributed by atoms with Crippen LogP contribution in [0.2, 0.25) is 0 Å². The van der Waals surface area contributed by atoms with Crippen LogP contribution in [0.5, 0.6) is 0 Å². The molecule has 11 heteroatoms. The van der Waals surface area contributed by atoms with Gasteiger partial charge in [-0.05, 0) is 43.1 Å². The Balaban J connectivity index is 1.47. The lowest BCUT2D eigenvalue weighted by atomic mass is 9.91. The molecule has 2 unspecified atom stereocenters. The fraction of sp³-hybridized carbons (Fsp3) is 0.406. The highest BCUT2D eigenvalue weighted by Crippen LogP contribution is 2.42. The Kier molecular flexibility index (Phi) is 9.19. The second-order valence-electron chi connectivity index (χ2n) is 11.1. The van der Waals surface area contributed by atoms with E-state index >= 15 is 0 Å². The number of amides is 4. The largest absolute Gasteiger partial charge is 0.416 e. The molecule has 0 aromatic heterocycles. The van der Waals surface area contributed by atoms with Gasteiger partial charge in [0, 0.05) is 26.1 Å². The van der Waals surface area contributed by atoms with E-state index in [-0.39, 0.29) is 42.3 Å². The molecular weight excluding hydrogens is 559 g/mol. The summed E-state index contributed by atoms with van der Waals surface area (Å²) in [6.45, 7) is 6.69. The first-order chi connectivity index (χ1) is 20.7. The Morgan fingerprint density at radius 3 is 2.44 bits per heavy atom. The van der Waals surface area contributed by atoms with E-state index in [0.717, 1.165) is 37.6 Å². The number of piperidine rings is 1. The fourth-order valence-electron chi connectivity index (χ4n) is 6.15. The Morgan fingerprint density at radius 1 is 1.05 bits per heavy atom. The molecule has 0 bridgehead atoms. The summed E-state index contributed by atoms with van der Waals surface area (Å²) in [4.78, 5) is 46.1. The predicted molar refractivity (Wildman–Crippen MR) is 156 cm³/mol. The highest BCUT2D eigenvalue weighted by atomic mass is 19.4. The number of halogens is 3. The van der Waals surface area contributed by atoms with Gasteiger partial charge in [0.15, 0.2) is 0 Å². The van der Waals surface area contributed by atoms with Crippen LogP contribution in [-0.2, 0) is 22.2 Å². The molecule has 1 fully saturated rings. The van der Waals surface area contributed by atoms with Crippen molar-refractivity contribution in [2.24, 2.45) is 0 Å². The van der Waals surface area contributed by atoms with Crippen molar-refractivity contribution in [2.75, 3.05) is 39.3 Å². The second-order valence-corrected chi connectivity index (χ2v) is 11.1. The van der Waals surface area contributed by atoms with Gasteiger partial charge in [0.1, 0.15) is 6.04 Å². The number of hydrogen-bond acceptors (Lipinski definition) is 4. The van der Waals surface area contributed by atoms with E-state index in [1.54, 1.807) is 0 Å². The number of likely N-dealkylation sites (tertiary alicyclic amines) is 1. The van der Waals surface area contributed by atoms with Crippen molar-refractivity contribution in [3.05, 3.63) is 95.2 Å². The van der Waals surface area contributed by atoms with Gasteiger partial charge in [-0.3, -0.25) is 14.5 Å². The Labute approximate surface area is 249 Å². The third-order valence-electron chi connectivity index (χ3n) is 8.27. The normalized spacial score (nSPS) is 20.1. The van der Waals surface area contributed by atoms with Crippen LogP contribution < -0.4 is 10.6 Å². The number of nitrogens with one attached hydrogen (secondary N) is 2. The lowest BCUT2D eigenvalue weighted by Crippen LogP contribution is -2.51. The molecule has 43 heavy (non-hydrogen) atoms. The number of alkyl halides is 3. The molecule has 0 saturated carbocycles. The molecule has 8 nitrogen and oxygen atoms in total. The zero-order valence-electron chi connectivity index (χ0n) is 23.9. The summed E-state index contributed by atoms with van der Waals surface area (Å²) in [6.07, 6.45) is 0.426. The highest BCUT2D eigenvalue weighted by molar-refractivity contribution is 6.03. The van der Waals surface area contributed by atoms with Crippen molar-refractivity contribution in [3.8, 4) is 0 Å². The van der Waals surface area contributed by atoms with Gasteiger partial charge >= 0.3 is 12.2 Å². The van der Waals surface area contributed by atoms with Crippen molar-refractivity contribution in [3.63, 3.8) is 0 Å². The van der Waals surface area contributed by atoms with Gasteiger partial charge in [-0.25, -0.2) is 4.79 Å². The molecular formula is C32H36F3N5O3. The summed E-state index contributed by atoms with van der Waals surface area (Å²) in [5.41, 5.74) is -0.0404. The van der Waals surface area contributed by atoms with Crippen LogP contribution in [0.25, 0.3) is 0 Å². The van der Waals surface area contributed by atoms with Crippen LogP contribution in [0.4, 0.5) is 18.0 Å². The monoisotopic (exact) mass is 595 g/mol. The maximum atomic E-state index is 14.2. The predicted octanol–water partition coefficient (Wildman–Crippen LogP) is 4.27. The summed E-state index contributed by atoms with van der Waals surface area (Å²) in [7, 11) is 0. The molecule has 0 radical (unpaired) electrons. The maximum Gasteiger partial charge on any atom is 0.416 e. The minimum absolute atomic E-state index is 0.0253. The summed E-state index contributed by atoms with van der Waals surface area (Å²) in [6, 6.07) is 11.3. The number of rotatable bonds is 10. The van der Waals surface area contributed by atoms with Gasteiger partial charge < -0.3 is 20.4 Å². The number of hydrogen-bond donors (Lipinski definition) is 2. The third kappa shape index (κ3) is 6.61. The van der Waals surface area contributed by atoms with Crippen molar-refractivity contribution in [1.82, 2.24) is 25.3 Å². The van der Waals surface area contributed by atoms with E-state index in [1.807, 2.05) is 30.3 Å². The van der Waals surface area contributed by atoms with Crippen molar-refractivity contribution in [1.29, 1.82) is 0 Å². The van der Waals surface area contributed by atoms with Gasteiger partial charge in [-0.2, -0.15) is 13.2 Å². The number of carbonyl (C=O) groups excluding carboxylic acids is 3. The molecule has 3 heterocycles. The maximum absolute atomic E-state index is 14.2. The van der Waals surface area contributed by atoms with Crippen LogP contribution in [0, 0.1) is 0 Å². The zero-order valence-corrected chi connectivity index (χ0v) is 23.9. The average molecular weight is 596 g/mol. The van der Waals surface area contributed by atoms with Gasteiger partial charge in [0.2, 0.25) is 5.91 Å². The van der Waals surface area contributed by atoms with Crippen molar-refractivity contribution >= 4 is 17.8 Å². The van der Waals surface area contributed by atoms with E-state index in [1.165, 1.54) is 40.5 Å². The topological polar surface area (TPSA) is 85.0 Å². The first-order valence-corrected chi connectivity index (χ1v) is 14.6. The molecule has 1 saturated heterocycles. The van der Waals surface area contributed by atoms with Crippen LogP contribution >= 0.6 is 0 Å². The minimum atomic E-state index is -4.70. The third-order valence-corrected chi connectivity index (χ3v) is 8.27. The number of carbonyl (C=O) groups is 3. The zero-order chi connectivity index (χ0) is 30.6. The molecule has 2 aromatic rings. The standard InChI is InChI=1S/C32H36F3N5O3/c1-2-16-39-26-21-40(30(42)27(26)28(37-31(39)43)23-13-7-8-14-24(23)32(33,34)35)25(20-22-11-5-3-6-12-22)29(41)36-15-19-38-17-9-4-10-18-38/h2-3,5-8,11-14,25,28H,1,4,9-10,15-21H2,(H,36,41)(H,37,43). The molecule has 0 aliphatic carbocycles. The summed E-state index contributed by atoms with van der Waals surface area (Å²) in [5, 5.41) is 5.61. The first-order valence-electron chi connectivity index (χ1n) is 14.6. The SMILES string of the molecule is C=CCN1C(=O)NC(c2ccccc2C(F)(F)F)C2=C1CN(C(Cc1ccccc1)C(=O)NCCN1CCCCC1)C2=O. The number of urea groups is 1. The van der Waals surface area contributed by atoms with Gasteiger partial charge in [0.05, 0.1) is 29.4 Å². The van der Waals surface area contributed by atoms with E-state index in [9.17, 15) is 27.6 Å². The molecule has 3 aliphatic heterocycles. The fourth-order valence-corrected chi connectivity index (χ4v) is 6.15. The quantitative estimate of drug-likeness (QED) is 0.402. The lowest BCUT2D eigenvalue weighted by Gasteiger charge is -2.33. The Morgan fingerprint density at radius 2 is 1.74 bits per heavy atom. The number of benzene rings is 2. The lowest BCUT2D eigenvalue weighted by molar-refractivity contribution is -0.138. The first kappa shape index (κ1) is 30.3. The van der Waals surface area contributed by atoms with E-state index in [4.69, 9.17) is 0 Å². The Hall–Kier alpha value is -4.12. The molecule has 4 amide bonds. The smallest absolute Gasteiger partial charge is 0.353 e. The van der Waals surface area contributed by atoms with E-state index in [0.29, 0.717) is 13.1 Å². The molecule has 3 aliphatic rings. The second kappa shape index (κ2) is 13.0. The van der Waals surface area contributed by atoms with Crippen molar-refractivity contribution in [2.45, 2.75) is 43.9 Å². The van der Waals surface area contributed by atoms with Crippen molar-refractivity contribution < 1.29 is 27.6 Å². The average Bonchev–Trinajstić information content (AvgIpc) is 3.34. The van der Waals surface area contributed by atoms with E-state index in [2.05, 4.69) is 22.1 Å². The molecule has 5 rings (SSSR count). The van der Waals surface area contributed by atoms with Gasteiger partial charge in [0.25, 0.3) is 5.91 Å². The molecule has 2 atom stereocenters. The minimum Gasteiger partial charge on any atom is -0.353 e. The Bertz CT molecular complexity index is 1390. The van der Waals surface area contributed by atoms with Crippen LogP contribution in [0.3, 0.4) is 0 Å². The van der Waals surface area contributed by atoms with Gasteiger partial charge in [-0.1, -0.05) is 61.0 Å². The van der Waals surface area contributed by atoms with Crippen LogP contribution in [0.15, 0.2) is 78.5 Å². The molecule has 2 aromatic carbocycles. The van der Waals surface area contributed by atoms with E-state index < -0.39 is 35.8 Å². The van der Waals surface area contributed by atoms with Gasteiger partial charge in [-0.15, -0.1) is 6.58 Å².